The molecule has 0 bridgehead atoms. The second kappa shape index (κ2) is 34.3. The molecule has 0 aromatic carbocycles. The van der Waals surface area contributed by atoms with Gasteiger partial charge in [0.2, 0.25) is 0 Å². The molecular formula is C20H39NO10. The normalized spacial score (nSPS) is 7.77. The van der Waals surface area contributed by atoms with Crippen LogP contribution in [0.3, 0.4) is 0 Å². The van der Waals surface area contributed by atoms with Crippen LogP contribution in [0.15, 0.2) is 25.3 Å². The van der Waals surface area contributed by atoms with Gasteiger partial charge in [-0.15, -0.1) is 13.2 Å². The highest BCUT2D eigenvalue weighted by Gasteiger charge is 2.03. The first-order valence-corrected chi connectivity index (χ1v) is 8.89. The molecule has 0 rings (SSSR count). The Morgan fingerprint density at radius 1 is 0.645 bits per heavy atom. The summed E-state index contributed by atoms with van der Waals surface area (Å²) in [4.78, 5) is 47.4. The van der Waals surface area contributed by atoms with Gasteiger partial charge in [0.1, 0.15) is 0 Å². The minimum absolute atomic E-state index is 0.440. The van der Waals surface area contributed by atoms with Crippen molar-refractivity contribution in [2.75, 3.05) is 19.6 Å². The van der Waals surface area contributed by atoms with Crippen LogP contribution in [0, 0.1) is 5.92 Å². The van der Waals surface area contributed by atoms with Gasteiger partial charge in [0.05, 0.1) is 0 Å². The molecule has 11 heteroatoms. The summed E-state index contributed by atoms with van der Waals surface area (Å²) in [7, 11) is 0. The summed E-state index contributed by atoms with van der Waals surface area (Å²) in [6, 6.07) is 0. The molecule has 0 aromatic heterocycles. The van der Waals surface area contributed by atoms with Crippen molar-refractivity contribution in [1.29, 1.82) is 0 Å². The van der Waals surface area contributed by atoms with E-state index in [1.165, 1.54) is 0 Å². The molecule has 0 spiro atoms. The molecular weight excluding hydrogens is 414 g/mol. The molecule has 184 valence electrons. The average Bonchev–Trinajstić information content (AvgIpc) is 2.53. The van der Waals surface area contributed by atoms with Gasteiger partial charge < -0.3 is 30.4 Å². The summed E-state index contributed by atoms with van der Waals surface area (Å²) in [6.07, 6.45) is 3.90. The first-order valence-electron chi connectivity index (χ1n) is 8.89. The summed E-state index contributed by atoms with van der Waals surface area (Å²) in [5, 5.41) is 37.1. The second-order valence-electron chi connectivity index (χ2n) is 5.22. The largest absolute Gasteiger partial charge is 0.481 e. The van der Waals surface area contributed by atoms with Crippen LogP contribution >= 0.6 is 0 Å². The molecule has 11 nitrogen and oxygen atoms in total. The third-order valence-corrected chi connectivity index (χ3v) is 1.97. The summed E-state index contributed by atoms with van der Waals surface area (Å²) >= 11 is 0. The van der Waals surface area contributed by atoms with Crippen LogP contribution in [0.25, 0.3) is 0 Å². The molecule has 0 heterocycles. The number of nitrogens with zero attached hydrogens (tertiary/aromatic N) is 1. The molecule has 0 saturated carbocycles. The summed E-state index contributed by atoms with van der Waals surface area (Å²) < 4.78 is 0. The number of aliphatic carboxylic acids is 5. The van der Waals surface area contributed by atoms with Crippen LogP contribution in [0.5, 0.6) is 0 Å². The van der Waals surface area contributed by atoms with Crippen LogP contribution in [-0.2, 0) is 24.0 Å². The molecule has 0 aromatic rings. The third kappa shape index (κ3) is 213. The fraction of sp³-hybridized carbons (Fsp3) is 0.550. The molecule has 0 unspecified atom stereocenters. The molecule has 0 fully saturated rings. The van der Waals surface area contributed by atoms with Gasteiger partial charge in [-0.1, -0.05) is 26.0 Å². The van der Waals surface area contributed by atoms with Gasteiger partial charge in [-0.3, -0.25) is 24.0 Å². The maximum absolute atomic E-state index is 9.00. The van der Waals surface area contributed by atoms with Gasteiger partial charge in [-0.2, -0.15) is 0 Å². The topological polar surface area (TPSA) is 190 Å². The number of carboxylic acid groups (broad SMARTS) is 5. The van der Waals surface area contributed by atoms with E-state index >= 15 is 0 Å². The number of rotatable bonds is 6. The van der Waals surface area contributed by atoms with Crippen LogP contribution in [0.1, 0.15) is 48.5 Å². The summed E-state index contributed by atoms with van der Waals surface area (Å²) in [6.45, 7) is 20.5. The molecule has 31 heavy (non-hydrogen) atoms. The maximum Gasteiger partial charge on any atom is 0.300 e. The van der Waals surface area contributed by atoms with E-state index in [1.807, 2.05) is 12.2 Å². The van der Waals surface area contributed by atoms with E-state index in [-0.39, 0.29) is 0 Å². The predicted molar refractivity (Wildman–Crippen MR) is 118 cm³/mol. The Bertz CT molecular complexity index is 403. The Kier molecular flexibility index (Phi) is 46.5. The van der Waals surface area contributed by atoms with Gasteiger partial charge in [0.25, 0.3) is 29.8 Å². The SMILES string of the molecule is C=CC(C=C)CN(CC)CC.CC(=O)O.CC(=O)O.CC(=O)O.CC(=O)O.CC(=O)O. The van der Waals surface area contributed by atoms with Crippen molar-refractivity contribution >= 4 is 29.8 Å². The van der Waals surface area contributed by atoms with Crippen LogP contribution < -0.4 is 0 Å². The number of carbonyl (C=O) groups is 5. The van der Waals surface area contributed by atoms with Gasteiger partial charge in [0, 0.05) is 47.1 Å². The molecule has 5 N–H and O–H groups in total. The fourth-order valence-electron chi connectivity index (χ4n) is 1.03. The van der Waals surface area contributed by atoms with E-state index in [2.05, 4.69) is 31.9 Å². The highest BCUT2D eigenvalue weighted by atomic mass is 16.4. The summed E-state index contributed by atoms with van der Waals surface area (Å²) in [5.41, 5.74) is 0. The van der Waals surface area contributed by atoms with E-state index in [9.17, 15) is 0 Å². The van der Waals surface area contributed by atoms with E-state index in [0.717, 1.165) is 54.3 Å². The van der Waals surface area contributed by atoms with Crippen molar-refractivity contribution in [3.63, 3.8) is 0 Å². The van der Waals surface area contributed by atoms with E-state index in [1.54, 1.807) is 0 Å². The molecule has 0 saturated heterocycles. The molecule has 0 amide bonds. The van der Waals surface area contributed by atoms with Crippen LogP contribution in [0.2, 0.25) is 0 Å². The van der Waals surface area contributed by atoms with Gasteiger partial charge >= 0.3 is 0 Å². The molecule has 0 aliphatic rings. The van der Waals surface area contributed by atoms with Crippen molar-refractivity contribution in [2.45, 2.75) is 48.5 Å². The fourth-order valence-corrected chi connectivity index (χ4v) is 1.03. The zero-order valence-electron chi connectivity index (χ0n) is 19.5. The monoisotopic (exact) mass is 453 g/mol. The summed E-state index contributed by atoms with van der Waals surface area (Å²) in [5.74, 6) is -3.73. The lowest BCUT2D eigenvalue weighted by atomic mass is 10.1. The van der Waals surface area contributed by atoms with Crippen LogP contribution in [0.4, 0.5) is 0 Å². The second-order valence-corrected chi connectivity index (χ2v) is 5.22. The van der Waals surface area contributed by atoms with Crippen molar-refractivity contribution in [2.24, 2.45) is 5.92 Å². The van der Waals surface area contributed by atoms with E-state index in [4.69, 9.17) is 49.5 Å². The lowest BCUT2D eigenvalue weighted by Crippen LogP contribution is -2.27. The average molecular weight is 454 g/mol. The molecule has 0 atom stereocenters. The Labute approximate surface area is 184 Å². The maximum atomic E-state index is 9.00. The number of hydrogen-bond donors (Lipinski definition) is 5. The molecule has 0 radical (unpaired) electrons. The number of hydrogen-bond acceptors (Lipinski definition) is 6. The first kappa shape index (κ1) is 42.0. The zero-order chi connectivity index (χ0) is 26.6. The standard InChI is InChI=1S/C10H19N.5C2H4O2/c1-5-10(6-2)9-11(7-3)8-4;5*1-2(3)4/h5-6,10H,1-2,7-9H2,3-4H3;5*1H3,(H,3,4). The Morgan fingerprint density at radius 3 is 0.903 bits per heavy atom. The smallest absolute Gasteiger partial charge is 0.300 e. The van der Waals surface area contributed by atoms with Crippen molar-refractivity contribution in [3.8, 4) is 0 Å². The molecule has 0 aliphatic heterocycles. The highest BCUT2D eigenvalue weighted by molar-refractivity contribution is 5.63. The quantitative estimate of drug-likeness (QED) is 0.372. The lowest BCUT2D eigenvalue weighted by molar-refractivity contribution is -0.135. The lowest BCUT2D eigenvalue weighted by Gasteiger charge is -2.20. The van der Waals surface area contributed by atoms with Crippen molar-refractivity contribution < 1.29 is 49.5 Å². The van der Waals surface area contributed by atoms with E-state index < -0.39 is 29.8 Å². The predicted octanol–water partition coefficient (Wildman–Crippen LogP) is 2.77. The Balaban J connectivity index is -0.0000000660. The minimum atomic E-state index is -0.833. The highest BCUT2D eigenvalue weighted by Crippen LogP contribution is 2.02. The minimum Gasteiger partial charge on any atom is -0.481 e. The van der Waals surface area contributed by atoms with E-state index in [0.29, 0.717) is 5.92 Å². The van der Waals surface area contributed by atoms with Gasteiger partial charge in [0.15, 0.2) is 0 Å². The van der Waals surface area contributed by atoms with Crippen molar-refractivity contribution in [3.05, 3.63) is 25.3 Å². The van der Waals surface area contributed by atoms with Gasteiger partial charge in [-0.05, 0) is 13.1 Å². The third-order valence-electron chi connectivity index (χ3n) is 1.97. The zero-order valence-corrected chi connectivity index (χ0v) is 19.5. The first-order chi connectivity index (χ1) is 13.9. The Hall–Kier alpha value is -3.21. The van der Waals surface area contributed by atoms with Crippen molar-refractivity contribution in [1.82, 2.24) is 4.90 Å². The Morgan fingerprint density at radius 2 is 0.806 bits per heavy atom. The molecule has 0 aliphatic carbocycles. The van der Waals surface area contributed by atoms with Crippen LogP contribution in [-0.4, -0.2) is 79.9 Å². The number of carboxylic acids is 5. The van der Waals surface area contributed by atoms with Gasteiger partial charge in [-0.25, -0.2) is 0 Å².